The molecule has 2 heterocycles. The predicted octanol–water partition coefficient (Wildman–Crippen LogP) is 6.41. The van der Waals surface area contributed by atoms with Gasteiger partial charge >= 0.3 is 0 Å². The highest BCUT2D eigenvalue weighted by Gasteiger charge is 2.19. The molecule has 0 saturated carbocycles. The molecule has 0 aliphatic heterocycles. The highest BCUT2D eigenvalue weighted by molar-refractivity contribution is 9.10. The van der Waals surface area contributed by atoms with Crippen LogP contribution in [0.3, 0.4) is 0 Å². The van der Waals surface area contributed by atoms with Crippen molar-refractivity contribution in [2.75, 3.05) is 5.32 Å². The van der Waals surface area contributed by atoms with Gasteiger partial charge in [-0.15, -0.1) is 0 Å². The molecule has 0 aliphatic carbocycles. The van der Waals surface area contributed by atoms with Crippen LogP contribution in [0.4, 0.5) is 5.69 Å². The SMILES string of the molecule is Cc1cccn2c(=O)c(/C=C(/C#N)C(=O)Nc3cccc(Br)c3)c(Oc3ccc(Cl)cc3Cl)nc12. The standard InChI is InChI=1S/C25H15BrCl2N4O3/c1-14-4-3-9-32-22(14)31-24(35-21-8-7-17(27)12-20(21)28)19(25(32)34)10-15(13-29)23(33)30-18-6-2-5-16(26)11-18/h2-12H,1H3,(H,30,33)/b15-10-. The molecule has 0 unspecified atom stereocenters. The number of hydrogen-bond donors (Lipinski definition) is 1. The lowest BCUT2D eigenvalue weighted by Crippen LogP contribution is -2.20. The summed E-state index contributed by atoms with van der Waals surface area (Å²) in [6, 6.07) is 16.8. The Kier molecular flexibility index (Phi) is 7.22. The van der Waals surface area contributed by atoms with Crippen molar-refractivity contribution in [1.82, 2.24) is 9.38 Å². The number of nitriles is 1. The number of rotatable bonds is 5. The lowest BCUT2D eigenvalue weighted by molar-refractivity contribution is -0.112. The van der Waals surface area contributed by atoms with E-state index in [1.807, 2.05) is 6.07 Å². The maximum Gasteiger partial charge on any atom is 0.269 e. The summed E-state index contributed by atoms with van der Waals surface area (Å²) in [5, 5.41) is 12.9. The minimum Gasteiger partial charge on any atom is -0.437 e. The first-order chi connectivity index (χ1) is 16.8. The lowest BCUT2D eigenvalue weighted by atomic mass is 10.1. The van der Waals surface area contributed by atoms with Crippen LogP contribution in [0.15, 0.2) is 75.6 Å². The summed E-state index contributed by atoms with van der Waals surface area (Å²) in [6.07, 6.45) is 2.69. The van der Waals surface area contributed by atoms with Gasteiger partial charge in [0.25, 0.3) is 11.5 Å². The van der Waals surface area contributed by atoms with E-state index >= 15 is 0 Å². The first-order valence-corrected chi connectivity index (χ1v) is 11.7. The normalized spacial score (nSPS) is 11.2. The third-order valence-corrected chi connectivity index (χ3v) is 5.91. The Balaban J connectivity index is 1.85. The molecule has 2 aromatic carbocycles. The highest BCUT2D eigenvalue weighted by Crippen LogP contribution is 2.32. The van der Waals surface area contributed by atoms with Gasteiger partial charge in [0, 0.05) is 21.4 Å². The highest BCUT2D eigenvalue weighted by atomic mass is 79.9. The number of aryl methyl sites for hydroxylation is 1. The molecule has 0 aliphatic rings. The molecule has 4 rings (SSSR count). The van der Waals surface area contributed by atoms with Gasteiger partial charge in [-0.1, -0.05) is 51.3 Å². The molecule has 4 aromatic rings. The van der Waals surface area contributed by atoms with Crippen molar-refractivity contribution in [3.05, 3.63) is 102 Å². The van der Waals surface area contributed by atoms with Gasteiger partial charge in [-0.05, 0) is 61.0 Å². The van der Waals surface area contributed by atoms with Crippen LogP contribution in [0.1, 0.15) is 11.1 Å². The molecule has 0 atom stereocenters. The summed E-state index contributed by atoms with van der Waals surface area (Å²) in [5.41, 5.74) is 0.608. The number of fused-ring (bicyclic) bond motifs is 1. The summed E-state index contributed by atoms with van der Waals surface area (Å²) < 4.78 is 7.96. The maximum absolute atomic E-state index is 13.4. The Bertz CT molecular complexity index is 1610. The number of nitrogens with one attached hydrogen (secondary N) is 1. The van der Waals surface area contributed by atoms with Crippen molar-refractivity contribution >= 4 is 62.4 Å². The minimum absolute atomic E-state index is 0.0972. The summed E-state index contributed by atoms with van der Waals surface area (Å²) in [7, 11) is 0. The summed E-state index contributed by atoms with van der Waals surface area (Å²) in [5.74, 6) is -0.612. The Hall–Kier alpha value is -3.64. The van der Waals surface area contributed by atoms with E-state index in [-0.39, 0.29) is 27.8 Å². The van der Waals surface area contributed by atoms with E-state index in [1.54, 1.807) is 55.6 Å². The van der Waals surface area contributed by atoms with E-state index in [0.29, 0.717) is 16.4 Å². The van der Waals surface area contributed by atoms with Crippen LogP contribution in [0.25, 0.3) is 11.7 Å². The number of anilines is 1. The fraction of sp³-hybridized carbons (Fsp3) is 0.0400. The number of amides is 1. The van der Waals surface area contributed by atoms with Gasteiger partial charge in [-0.2, -0.15) is 10.2 Å². The van der Waals surface area contributed by atoms with Crippen LogP contribution in [0.2, 0.25) is 10.0 Å². The Morgan fingerprint density at radius 1 is 1.20 bits per heavy atom. The van der Waals surface area contributed by atoms with Crippen LogP contribution in [0, 0.1) is 18.3 Å². The van der Waals surface area contributed by atoms with Gasteiger partial charge in [0.15, 0.2) is 0 Å². The van der Waals surface area contributed by atoms with E-state index in [1.165, 1.54) is 16.5 Å². The van der Waals surface area contributed by atoms with E-state index in [2.05, 4.69) is 26.2 Å². The van der Waals surface area contributed by atoms with Gasteiger partial charge in [0.1, 0.15) is 28.6 Å². The quantitative estimate of drug-likeness (QED) is 0.221. The monoisotopic (exact) mass is 568 g/mol. The Morgan fingerprint density at radius 2 is 2.00 bits per heavy atom. The largest absolute Gasteiger partial charge is 0.437 e. The zero-order valence-corrected chi connectivity index (χ0v) is 21.1. The van der Waals surface area contributed by atoms with Crippen molar-refractivity contribution in [3.63, 3.8) is 0 Å². The van der Waals surface area contributed by atoms with E-state index in [4.69, 9.17) is 27.9 Å². The van der Waals surface area contributed by atoms with Crippen molar-refractivity contribution in [3.8, 4) is 17.7 Å². The number of nitrogens with zero attached hydrogens (tertiary/aromatic N) is 3. The molecule has 0 saturated heterocycles. The summed E-state index contributed by atoms with van der Waals surface area (Å²) in [6.45, 7) is 1.79. The zero-order chi connectivity index (χ0) is 25.1. The molecule has 0 fully saturated rings. The number of benzene rings is 2. The number of ether oxygens (including phenoxy) is 1. The van der Waals surface area contributed by atoms with Crippen molar-refractivity contribution in [2.24, 2.45) is 0 Å². The topological polar surface area (TPSA) is 96.5 Å². The van der Waals surface area contributed by atoms with Crippen LogP contribution >= 0.6 is 39.1 Å². The van der Waals surface area contributed by atoms with Gasteiger partial charge in [-0.3, -0.25) is 14.0 Å². The average molecular weight is 570 g/mol. The first kappa shape index (κ1) is 24.5. The van der Waals surface area contributed by atoms with Gasteiger partial charge in [0.05, 0.1) is 5.02 Å². The third-order valence-electron chi connectivity index (χ3n) is 4.89. The number of carbonyl (C=O) groups excluding carboxylic acids is 1. The maximum atomic E-state index is 13.4. The fourth-order valence-corrected chi connectivity index (χ4v) is 4.06. The number of aromatic nitrogens is 2. The molecule has 1 N–H and O–H groups in total. The second-order valence-corrected chi connectivity index (χ2v) is 9.09. The second-order valence-electron chi connectivity index (χ2n) is 7.33. The Labute approximate surface area is 218 Å². The average Bonchev–Trinajstić information content (AvgIpc) is 2.81. The molecular formula is C25H15BrCl2N4O3. The molecule has 10 heteroatoms. The van der Waals surface area contributed by atoms with Gasteiger partial charge in [-0.25, -0.2) is 0 Å². The minimum atomic E-state index is -0.699. The summed E-state index contributed by atoms with van der Waals surface area (Å²) in [4.78, 5) is 30.7. The van der Waals surface area contributed by atoms with Gasteiger partial charge in [0.2, 0.25) is 5.88 Å². The van der Waals surface area contributed by atoms with E-state index in [9.17, 15) is 14.9 Å². The number of halogens is 3. The fourth-order valence-electron chi connectivity index (χ4n) is 3.21. The molecular weight excluding hydrogens is 555 g/mol. The van der Waals surface area contributed by atoms with E-state index in [0.717, 1.165) is 16.1 Å². The van der Waals surface area contributed by atoms with Crippen molar-refractivity contribution in [2.45, 2.75) is 6.92 Å². The van der Waals surface area contributed by atoms with Crippen molar-refractivity contribution in [1.29, 1.82) is 5.26 Å². The molecule has 174 valence electrons. The third kappa shape index (κ3) is 5.38. The zero-order valence-electron chi connectivity index (χ0n) is 18.1. The lowest BCUT2D eigenvalue weighted by Gasteiger charge is -2.12. The molecule has 1 amide bonds. The predicted molar refractivity (Wildman–Crippen MR) is 139 cm³/mol. The van der Waals surface area contributed by atoms with E-state index < -0.39 is 11.5 Å². The summed E-state index contributed by atoms with van der Waals surface area (Å²) >= 11 is 15.6. The number of hydrogen-bond acceptors (Lipinski definition) is 5. The molecule has 0 spiro atoms. The van der Waals surface area contributed by atoms with Crippen LogP contribution in [-0.2, 0) is 4.79 Å². The molecule has 35 heavy (non-hydrogen) atoms. The number of pyridine rings is 1. The van der Waals surface area contributed by atoms with Crippen LogP contribution in [0.5, 0.6) is 11.6 Å². The van der Waals surface area contributed by atoms with Crippen molar-refractivity contribution < 1.29 is 9.53 Å². The molecule has 0 radical (unpaired) electrons. The van der Waals surface area contributed by atoms with Crippen LogP contribution in [-0.4, -0.2) is 15.3 Å². The smallest absolute Gasteiger partial charge is 0.269 e. The number of carbonyl (C=O) groups is 1. The first-order valence-electron chi connectivity index (χ1n) is 10.1. The molecule has 2 aromatic heterocycles. The second kappa shape index (κ2) is 10.3. The van der Waals surface area contributed by atoms with Crippen LogP contribution < -0.4 is 15.6 Å². The molecule has 0 bridgehead atoms. The molecule has 7 nitrogen and oxygen atoms in total. The Morgan fingerprint density at radius 3 is 2.71 bits per heavy atom. The van der Waals surface area contributed by atoms with Gasteiger partial charge < -0.3 is 10.1 Å².